The topological polar surface area (TPSA) is 115 Å². The number of hydrogen-bond donors (Lipinski definition) is 2. The summed E-state index contributed by atoms with van der Waals surface area (Å²) < 4.78 is 26.5. The van der Waals surface area contributed by atoms with Gasteiger partial charge >= 0.3 is 0 Å². The van der Waals surface area contributed by atoms with Gasteiger partial charge in [0, 0.05) is 24.7 Å². The van der Waals surface area contributed by atoms with E-state index in [-0.39, 0.29) is 9.96 Å². The molecule has 3 aromatic rings. The van der Waals surface area contributed by atoms with Gasteiger partial charge in [0.2, 0.25) is 5.91 Å². The first-order valence-electron chi connectivity index (χ1n) is 7.03. The number of nitrogens with two attached hydrogens (primary N) is 1. The third-order valence-corrected chi connectivity index (χ3v) is 6.46. The number of hydrogen-bond acceptors (Lipinski definition) is 6. The van der Waals surface area contributed by atoms with Crippen molar-refractivity contribution in [1.29, 1.82) is 0 Å². The summed E-state index contributed by atoms with van der Waals surface area (Å²) in [5.74, 6) is -0.637. The van der Waals surface area contributed by atoms with Gasteiger partial charge in [0.05, 0.1) is 4.88 Å². The fourth-order valence-electron chi connectivity index (χ4n) is 2.10. The molecule has 0 spiro atoms. The molecule has 0 saturated carbocycles. The van der Waals surface area contributed by atoms with Gasteiger partial charge in [-0.25, -0.2) is 3.97 Å². The van der Waals surface area contributed by atoms with E-state index < -0.39 is 15.9 Å². The van der Waals surface area contributed by atoms with Crippen LogP contribution in [0.3, 0.4) is 0 Å². The zero-order valence-electron chi connectivity index (χ0n) is 12.7. The number of aromatic nitrogens is 2. The van der Waals surface area contributed by atoms with Gasteiger partial charge in [0.1, 0.15) is 15.7 Å². The van der Waals surface area contributed by atoms with Crippen molar-refractivity contribution in [3.8, 4) is 16.3 Å². The molecule has 3 N–H and O–H groups in total. The Hall–Kier alpha value is -2.91. The maximum atomic E-state index is 12.7. The van der Waals surface area contributed by atoms with Crippen LogP contribution in [0.1, 0.15) is 5.56 Å². The predicted molar refractivity (Wildman–Crippen MR) is 94.5 cm³/mol. The number of aromatic hydroxyl groups is 1. The summed E-state index contributed by atoms with van der Waals surface area (Å²) in [6.07, 6.45) is 6.87. The Morgan fingerprint density at radius 1 is 1.28 bits per heavy atom. The van der Waals surface area contributed by atoms with Gasteiger partial charge < -0.3 is 10.8 Å². The fraction of sp³-hybridized carbons (Fsp3) is 0. The predicted octanol–water partition coefficient (Wildman–Crippen LogP) is 2.05. The first-order valence-corrected chi connectivity index (χ1v) is 9.29. The van der Waals surface area contributed by atoms with Crippen LogP contribution in [0.5, 0.6) is 5.75 Å². The smallest absolute Gasteiger partial charge is 0.277 e. The molecule has 3 rings (SSSR count). The zero-order chi connectivity index (χ0) is 18.0. The molecule has 1 amide bonds. The minimum atomic E-state index is -3.78. The number of carbonyl (C=O) groups is 1. The monoisotopic (exact) mass is 375 g/mol. The second-order valence-electron chi connectivity index (χ2n) is 5.01. The highest BCUT2D eigenvalue weighted by Gasteiger charge is 2.20. The number of primary amides is 1. The van der Waals surface area contributed by atoms with E-state index in [2.05, 4.69) is 4.98 Å². The molecule has 9 heteroatoms. The molecular weight excluding hydrogens is 362 g/mol. The lowest BCUT2D eigenvalue weighted by Crippen LogP contribution is -2.09. The number of rotatable bonds is 5. The third-order valence-electron chi connectivity index (χ3n) is 3.26. The van der Waals surface area contributed by atoms with Gasteiger partial charge in [-0.15, -0.1) is 11.3 Å². The Kier molecular flexibility index (Phi) is 4.43. The Labute approximate surface area is 147 Å². The maximum absolute atomic E-state index is 12.7. The van der Waals surface area contributed by atoms with Gasteiger partial charge in [0.15, 0.2) is 0 Å². The molecule has 0 aliphatic heterocycles. The van der Waals surface area contributed by atoms with Gasteiger partial charge in [-0.2, -0.15) is 8.42 Å². The maximum Gasteiger partial charge on any atom is 0.277 e. The summed E-state index contributed by atoms with van der Waals surface area (Å²) in [5.41, 5.74) is 5.87. The van der Waals surface area contributed by atoms with Crippen LogP contribution in [0.4, 0.5) is 0 Å². The summed E-state index contributed by atoms with van der Waals surface area (Å²) in [6, 6.07) is 7.68. The second-order valence-corrected chi connectivity index (χ2v) is 8.16. The van der Waals surface area contributed by atoms with E-state index in [0.717, 1.165) is 21.4 Å². The van der Waals surface area contributed by atoms with Crippen molar-refractivity contribution in [2.45, 2.75) is 4.21 Å². The Morgan fingerprint density at radius 3 is 2.80 bits per heavy atom. The van der Waals surface area contributed by atoms with E-state index >= 15 is 0 Å². The van der Waals surface area contributed by atoms with E-state index in [1.807, 2.05) is 0 Å². The van der Waals surface area contributed by atoms with E-state index in [1.54, 1.807) is 18.2 Å². The Bertz CT molecular complexity index is 1060. The molecule has 0 atom stereocenters. The van der Waals surface area contributed by atoms with Crippen molar-refractivity contribution >= 4 is 33.3 Å². The van der Waals surface area contributed by atoms with Crippen molar-refractivity contribution in [2.24, 2.45) is 5.73 Å². The highest BCUT2D eigenvalue weighted by molar-refractivity contribution is 7.92. The molecule has 0 radical (unpaired) electrons. The SMILES string of the molecule is NC(=O)/C=C/c1ccn(S(=O)(=O)c2ccc(-c3ncccc3O)s2)c1. The van der Waals surface area contributed by atoms with Crippen molar-refractivity contribution in [3.63, 3.8) is 0 Å². The molecule has 3 aromatic heterocycles. The summed E-state index contributed by atoms with van der Waals surface area (Å²) in [7, 11) is -3.78. The fourth-order valence-corrected chi connectivity index (χ4v) is 4.72. The third kappa shape index (κ3) is 3.47. The lowest BCUT2D eigenvalue weighted by molar-refractivity contribution is -0.113. The highest BCUT2D eigenvalue weighted by Crippen LogP contribution is 2.34. The largest absolute Gasteiger partial charge is 0.506 e. The average Bonchev–Trinajstić information content (AvgIpc) is 3.23. The molecule has 0 fully saturated rings. The lowest BCUT2D eigenvalue weighted by Gasteiger charge is -2.02. The van der Waals surface area contributed by atoms with Crippen LogP contribution >= 0.6 is 11.3 Å². The summed E-state index contributed by atoms with van der Waals surface area (Å²) in [6.45, 7) is 0. The van der Waals surface area contributed by atoms with Crippen LogP contribution in [0.2, 0.25) is 0 Å². The molecule has 7 nitrogen and oxygen atoms in total. The minimum absolute atomic E-state index is 0.0202. The van der Waals surface area contributed by atoms with Gasteiger partial charge in [-0.05, 0) is 42.0 Å². The Balaban J connectivity index is 1.94. The zero-order valence-corrected chi connectivity index (χ0v) is 14.4. The number of carbonyl (C=O) groups excluding carboxylic acids is 1. The van der Waals surface area contributed by atoms with Gasteiger partial charge in [-0.1, -0.05) is 0 Å². The highest BCUT2D eigenvalue weighted by atomic mass is 32.2. The Morgan fingerprint density at radius 2 is 2.08 bits per heavy atom. The molecule has 0 saturated heterocycles. The molecular formula is C16H13N3O4S2. The molecule has 25 heavy (non-hydrogen) atoms. The van der Waals surface area contributed by atoms with Crippen LogP contribution in [-0.2, 0) is 14.8 Å². The molecule has 0 unspecified atom stereocenters. The molecule has 0 aromatic carbocycles. The lowest BCUT2D eigenvalue weighted by atomic mass is 10.3. The van der Waals surface area contributed by atoms with Crippen molar-refractivity contribution in [3.05, 3.63) is 60.6 Å². The van der Waals surface area contributed by atoms with Crippen molar-refractivity contribution < 1.29 is 18.3 Å². The standard InChI is InChI=1S/C16H13N3O4S2/c17-14(21)5-3-11-7-9-19(10-11)25(22,23)15-6-4-13(24-15)16-12(20)2-1-8-18-16/h1-10,20H,(H2,17,21)/b5-3+. The van der Waals surface area contributed by atoms with Gasteiger partial charge in [-0.3, -0.25) is 9.78 Å². The van der Waals surface area contributed by atoms with E-state index in [4.69, 9.17) is 5.73 Å². The van der Waals surface area contributed by atoms with Crippen molar-refractivity contribution in [2.75, 3.05) is 0 Å². The molecule has 128 valence electrons. The number of pyridine rings is 1. The first kappa shape index (κ1) is 16.9. The van der Waals surface area contributed by atoms with Crippen LogP contribution in [-0.4, -0.2) is 28.4 Å². The van der Waals surface area contributed by atoms with E-state index in [0.29, 0.717) is 16.1 Å². The van der Waals surface area contributed by atoms with Crippen LogP contribution in [0, 0.1) is 0 Å². The molecule has 3 heterocycles. The van der Waals surface area contributed by atoms with Crippen LogP contribution in [0.15, 0.2) is 59.2 Å². The van der Waals surface area contributed by atoms with Crippen LogP contribution in [0.25, 0.3) is 16.6 Å². The van der Waals surface area contributed by atoms with E-state index in [1.165, 1.54) is 36.8 Å². The van der Waals surface area contributed by atoms with Crippen LogP contribution < -0.4 is 5.73 Å². The summed E-state index contributed by atoms with van der Waals surface area (Å²) >= 11 is 1.01. The summed E-state index contributed by atoms with van der Waals surface area (Å²) in [5, 5.41) is 9.84. The van der Waals surface area contributed by atoms with E-state index in [9.17, 15) is 18.3 Å². The molecule has 0 aliphatic rings. The number of amides is 1. The molecule has 0 aliphatic carbocycles. The quantitative estimate of drug-likeness (QED) is 0.662. The normalized spacial score (nSPS) is 11.8. The second kappa shape index (κ2) is 6.54. The van der Waals surface area contributed by atoms with Crippen molar-refractivity contribution in [1.82, 2.24) is 8.96 Å². The first-order chi connectivity index (χ1) is 11.9. The minimum Gasteiger partial charge on any atom is -0.506 e. The van der Waals surface area contributed by atoms with Gasteiger partial charge in [0.25, 0.3) is 10.0 Å². The number of nitrogens with zero attached hydrogens (tertiary/aromatic N) is 2. The molecule has 0 bridgehead atoms. The summed E-state index contributed by atoms with van der Waals surface area (Å²) in [4.78, 5) is 15.4. The number of thiophene rings is 1. The average molecular weight is 375 g/mol.